The first-order chi connectivity index (χ1) is 22.9. The molecule has 1 fully saturated rings. The molecular weight excluding hydrogens is 602 g/mol. The minimum atomic E-state index is -0.727. The topological polar surface area (TPSA) is 103 Å². The Balaban J connectivity index is 1.18. The fraction of sp³-hybridized carbons (Fsp3) is 0.171. The second-order valence-electron chi connectivity index (χ2n) is 11.3. The van der Waals surface area contributed by atoms with Crippen LogP contribution in [0.4, 0.5) is 14.5 Å². The third-order valence-electron chi connectivity index (χ3n) is 8.30. The number of carbonyl (C=O) groups is 2. The molecule has 12 heteroatoms. The van der Waals surface area contributed by atoms with Crippen molar-refractivity contribution in [1.82, 2.24) is 34.0 Å². The number of aromatic nitrogens is 6. The summed E-state index contributed by atoms with van der Waals surface area (Å²) >= 11 is 0. The van der Waals surface area contributed by atoms with Gasteiger partial charge < -0.3 is 9.47 Å². The number of likely N-dealkylation sites (tertiary alicyclic amines) is 1. The summed E-state index contributed by atoms with van der Waals surface area (Å²) in [7, 11) is 0. The first kappa shape index (κ1) is 29.6. The summed E-state index contributed by atoms with van der Waals surface area (Å²) in [5, 5.41) is 4.84. The number of carbonyl (C=O) groups excluding carboxylic acids is 2. The molecule has 0 unspecified atom stereocenters. The van der Waals surface area contributed by atoms with E-state index in [-0.39, 0.29) is 35.5 Å². The molecule has 1 saturated heterocycles. The number of rotatable bonds is 7. The van der Waals surface area contributed by atoms with Gasteiger partial charge in [0.15, 0.2) is 17.1 Å². The summed E-state index contributed by atoms with van der Waals surface area (Å²) in [6.45, 7) is 8.20. The van der Waals surface area contributed by atoms with Crippen molar-refractivity contribution in [3.63, 3.8) is 0 Å². The van der Waals surface area contributed by atoms with Crippen LogP contribution in [0, 0.1) is 18.3 Å². The maximum atomic E-state index is 13.8. The van der Waals surface area contributed by atoms with Crippen LogP contribution in [-0.4, -0.2) is 58.8 Å². The Bertz CT molecular complexity index is 2160. The van der Waals surface area contributed by atoms with Crippen LogP contribution in [0.25, 0.3) is 33.1 Å². The minimum Gasteiger partial charge on any atom is -0.338 e. The molecule has 5 heterocycles. The SMILES string of the molecule is [C-]#[N+]c1ccc(C(=O)N2CCC(n3cnc(-c4ccc(F)cc4)c3-c3ccc4nc(CC(=O)c5ccnc(F)c5)cn4n3)CC2)cc1. The van der Waals surface area contributed by atoms with E-state index in [1.165, 1.54) is 24.4 Å². The maximum absolute atomic E-state index is 13.8. The van der Waals surface area contributed by atoms with Gasteiger partial charge in [-0.05, 0) is 55.3 Å². The second-order valence-corrected chi connectivity index (χ2v) is 11.3. The summed E-state index contributed by atoms with van der Waals surface area (Å²) in [5.41, 5.74) is 4.93. The van der Waals surface area contributed by atoms with Crippen LogP contribution in [0.15, 0.2) is 91.5 Å². The van der Waals surface area contributed by atoms with E-state index in [0.29, 0.717) is 59.9 Å². The van der Waals surface area contributed by atoms with E-state index in [1.807, 2.05) is 11.0 Å². The van der Waals surface area contributed by atoms with Crippen LogP contribution >= 0.6 is 0 Å². The third-order valence-corrected chi connectivity index (χ3v) is 8.30. The highest BCUT2D eigenvalue weighted by Gasteiger charge is 2.28. The van der Waals surface area contributed by atoms with Gasteiger partial charge in [0.2, 0.25) is 5.95 Å². The van der Waals surface area contributed by atoms with Gasteiger partial charge in [-0.15, -0.1) is 0 Å². The molecule has 0 N–H and O–H groups in total. The third kappa shape index (κ3) is 5.98. The number of Topliss-reactive ketones (excluding diaryl/α,β-unsaturated/α-hetero) is 1. The second kappa shape index (κ2) is 12.4. The monoisotopic (exact) mass is 628 g/mol. The van der Waals surface area contributed by atoms with E-state index in [1.54, 1.807) is 59.5 Å². The fourth-order valence-electron chi connectivity index (χ4n) is 5.90. The number of ketones is 1. The van der Waals surface area contributed by atoms with Gasteiger partial charge >= 0.3 is 0 Å². The molecule has 6 aromatic rings. The average Bonchev–Trinajstić information content (AvgIpc) is 3.72. The van der Waals surface area contributed by atoms with Gasteiger partial charge in [0.25, 0.3) is 5.91 Å². The maximum Gasteiger partial charge on any atom is 0.253 e. The van der Waals surface area contributed by atoms with Gasteiger partial charge in [-0.3, -0.25) is 9.59 Å². The Morgan fingerprint density at radius 3 is 2.40 bits per heavy atom. The van der Waals surface area contributed by atoms with Crippen LogP contribution in [-0.2, 0) is 6.42 Å². The Labute approximate surface area is 267 Å². The van der Waals surface area contributed by atoms with E-state index < -0.39 is 5.95 Å². The average molecular weight is 629 g/mol. The van der Waals surface area contributed by atoms with Gasteiger partial charge in [-0.2, -0.15) is 9.49 Å². The first-order valence-electron chi connectivity index (χ1n) is 15.0. The van der Waals surface area contributed by atoms with Crippen molar-refractivity contribution in [2.24, 2.45) is 0 Å². The van der Waals surface area contributed by atoms with Crippen LogP contribution < -0.4 is 0 Å². The van der Waals surface area contributed by atoms with Gasteiger partial charge in [0.1, 0.15) is 11.5 Å². The molecule has 0 saturated carbocycles. The Hall–Kier alpha value is -6.09. The molecule has 1 aliphatic heterocycles. The van der Waals surface area contributed by atoms with E-state index in [2.05, 4.69) is 19.4 Å². The van der Waals surface area contributed by atoms with E-state index in [0.717, 1.165) is 17.3 Å². The largest absolute Gasteiger partial charge is 0.338 e. The number of benzene rings is 2. The van der Waals surface area contributed by atoms with Crippen molar-refractivity contribution in [3.8, 4) is 22.6 Å². The normalized spacial score (nSPS) is 13.5. The zero-order chi connectivity index (χ0) is 32.5. The zero-order valence-corrected chi connectivity index (χ0v) is 24.9. The smallest absolute Gasteiger partial charge is 0.253 e. The lowest BCUT2D eigenvalue weighted by Crippen LogP contribution is -2.39. The van der Waals surface area contributed by atoms with Crippen LogP contribution in [0.5, 0.6) is 0 Å². The fourth-order valence-corrected chi connectivity index (χ4v) is 5.90. The molecule has 0 aliphatic carbocycles. The van der Waals surface area contributed by atoms with Gasteiger partial charge in [0, 0.05) is 48.1 Å². The standard InChI is InChI=1S/C35H26F2N8O2/c1-38-26-8-4-23(5-9-26)35(47)43-16-13-28(14-17-43)44-21-40-33(22-2-6-25(36)7-3-22)34(44)29-10-11-32-41-27(20-45(32)42-29)19-30(46)24-12-15-39-31(37)18-24/h2-12,15,18,20-21,28H,13-14,16-17,19H2. The number of nitrogens with zero attached hydrogens (tertiary/aromatic N) is 8. The molecule has 0 radical (unpaired) electrons. The Morgan fingerprint density at radius 1 is 0.915 bits per heavy atom. The lowest BCUT2D eigenvalue weighted by atomic mass is 10.0. The summed E-state index contributed by atoms with van der Waals surface area (Å²) in [5.74, 6) is -1.45. The quantitative estimate of drug-likeness (QED) is 0.115. The lowest BCUT2D eigenvalue weighted by molar-refractivity contribution is 0.0695. The summed E-state index contributed by atoms with van der Waals surface area (Å²) in [6, 6.07) is 19.0. The molecule has 7 rings (SSSR count). The molecule has 4 aromatic heterocycles. The zero-order valence-electron chi connectivity index (χ0n) is 24.9. The number of hydrogen-bond donors (Lipinski definition) is 0. The summed E-state index contributed by atoms with van der Waals surface area (Å²) in [6.07, 6.45) is 5.99. The highest BCUT2D eigenvalue weighted by atomic mass is 19.1. The lowest BCUT2D eigenvalue weighted by Gasteiger charge is -2.33. The molecular formula is C35H26F2N8O2. The number of hydrogen-bond acceptors (Lipinski definition) is 6. The van der Waals surface area contributed by atoms with E-state index in [4.69, 9.17) is 16.7 Å². The predicted molar refractivity (Wildman–Crippen MR) is 169 cm³/mol. The molecule has 1 aliphatic rings. The molecule has 47 heavy (non-hydrogen) atoms. The van der Waals surface area contributed by atoms with Crippen molar-refractivity contribution in [2.75, 3.05) is 13.1 Å². The summed E-state index contributed by atoms with van der Waals surface area (Å²) in [4.78, 5) is 43.9. The number of piperidine rings is 1. The van der Waals surface area contributed by atoms with E-state index in [9.17, 15) is 18.4 Å². The van der Waals surface area contributed by atoms with Crippen LogP contribution in [0.3, 0.4) is 0 Å². The van der Waals surface area contributed by atoms with Crippen molar-refractivity contribution in [3.05, 3.63) is 132 Å². The number of imidazole rings is 2. The molecule has 1 amide bonds. The molecule has 2 aromatic carbocycles. The van der Waals surface area contributed by atoms with Gasteiger partial charge in [-0.25, -0.2) is 28.7 Å². The minimum absolute atomic E-state index is 0.00876. The van der Waals surface area contributed by atoms with Gasteiger partial charge in [-0.1, -0.05) is 24.3 Å². The molecule has 0 atom stereocenters. The van der Waals surface area contributed by atoms with Crippen molar-refractivity contribution in [2.45, 2.75) is 25.3 Å². The number of amides is 1. The van der Waals surface area contributed by atoms with Crippen molar-refractivity contribution in [1.29, 1.82) is 0 Å². The van der Waals surface area contributed by atoms with Crippen molar-refractivity contribution >= 4 is 23.0 Å². The molecule has 232 valence electrons. The number of fused-ring (bicyclic) bond motifs is 1. The number of halogens is 2. The Kier molecular flexibility index (Phi) is 7.79. The van der Waals surface area contributed by atoms with Crippen LogP contribution in [0.2, 0.25) is 0 Å². The molecule has 0 bridgehead atoms. The highest BCUT2D eigenvalue weighted by Crippen LogP contribution is 2.36. The Morgan fingerprint density at radius 2 is 1.68 bits per heavy atom. The molecule has 0 spiro atoms. The molecule has 10 nitrogen and oxygen atoms in total. The van der Waals surface area contributed by atoms with Gasteiger partial charge in [0.05, 0.1) is 42.6 Å². The summed E-state index contributed by atoms with van der Waals surface area (Å²) < 4.78 is 31.1. The van der Waals surface area contributed by atoms with Crippen LogP contribution in [0.1, 0.15) is 45.3 Å². The number of pyridine rings is 1. The van der Waals surface area contributed by atoms with Crippen molar-refractivity contribution < 1.29 is 18.4 Å². The first-order valence-corrected chi connectivity index (χ1v) is 15.0. The predicted octanol–water partition coefficient (Wildman–Crippen LogP) is 6.39. The highest BCUT2D eigenvalue weighted by molar-refractivity contribution is 5.97. The van der Waals surface area contributed by atoms with E-state index >= 15 is 0 Å².